The van der Waals surface area contributed by atoms with Crippen LogP contribution < -0.4 is 11.2 Å². The number of methoxy groups -OCH3 is 1. The molecule has 2 rings (SSSR count). The van der Waals surface area contributed by atoms with Crippen LogP contribution in [0.2, 0.25) is 0 Å². The van der Waals surface area contributed by atoms with Gasteiger partial charge in [-0.25, -0.2) is 9.59 Å². The number of hydrogen-bond donors (Lipinski definition) is 1. The summed E-state index contributed by atoms with van der Waals surface area (Å²) in [6.07, 6.45) is -1.59. The van der Waals surface area contributed by atoms with Gasteiger partial charge in [0.15, 0.2) is 0 Å². The molecular formula is C12H14FN3O6. The molecule has 1 aliphatic heterocycles. The van der Waals surface area contributed by atoms with Gasteiger partial charge in [0, 0.05) is 13.3 Å². The predicted molar refractivity (Wildman–Crippen MR) is 69.6 cm³/mol. The van der Waals surface area contributed by atoms with Crippen LogP contribution in [0, 0.1) is 5.82 Å². The molecule has 1 aromatic rings. The minimum absolute atomic E-state index is 0.00982. The number of carbonyl (C=O) groups is 2. The first-order valence-electron chi connectivity index (χ1n) is 6.36. The second-order valence-corrected chi connectivity index (χ2v) is 4.71. The van der Waals surface area contributed by atoms with Gasteiger partial charge in [-0.2, -0.15) is 4.39 Å². The summed E-state index contributed by atoms with van der Waals surface area (Å²) in [5.41, 5.74) is -2.03. The minimum atomic E-state index is -1.17. The fourth-order valence-electron chi connectivity index (χ4n) is 2.36. The first kappa shape index (κ1) is 15.7. The van der Waals surface area contributed by atoms with Crippen molar-refractivity contribution in [3.63, 3.8) is 0 Å². The molecule has 0 spiro atoms. The van der Waals surface area contributed by atoms with Crippen LogP contribution in [0.15, 0.2) is 15.8 Å². The third kappa shape index (κ3) is 3.00. The van der Waals surface area contributed by atoms with Gasteiger partial charge in [-0.05, 0) is 0 Å². The van der Waals surface area contributed by atoms with Gasteiger partial charge in [-0.15, -0.1) is 0 Å². The Balaban J connectivity index is 2.39. The lowest BCUT2D eigenvalue weighted by molar-refractivity contribution is -0.145. The molecule has 1 aliphatic rings. The first-order valence-corrected chi connectivity index (χ1v) is 6.36. The number of H-pyrrole nitrogens is 1. The summed E-state index contributed by atoms with van der Waals surface area (Å²) in [5, 5.41) is 0. The van der Waals surface area contributed by atoms with Gasteiger partial charge in [0.05, 0.1) is 19.9 Å². The summed E-state index contributed by atoms with van der Waals surface area (Å²) >= 11 is 0. The van der Waals surface area contributed by atoms with E-state index in [4.69, 9.17) is 4.74 Å². The highest BCUT2D eigenvalue weighted by Crippen LogP contribution is 2.28. The van der Waals surface area contributed by atoms with E-state index in [9.17, 15) is 23.6 Å². The average Bonchev–Trinajstić information content (AvgIpc) is 2.84. The Morgan fingerprint density at radius 1 is 1.41 bits per heavy atom. The highest BCUT2D eigenvalue weighted by molar-refractivity contribution is 5.69. The Morgan fingerprint density at radius 3 is 2.68 bits per heavy atom. The molecule has 1 fully saturated rings. The van der Waals surface area contributed by atoms with E-state index in [1.54, 1.807) is 0 Å². The van der Waals surface area contributed by atoms with Crippen molar-refractivity contribution in [3.05, 3.63) is 32.9 Å². The summed E-state index contributed by atoms with van der Waals surface area (Å²) < 4.78 is 23.9. The number of nitrogens with zero attached hydrogens (tertiary/aromatic N) is 2. The van der Waals surface area contributed by atoms with Crippen LogP contribution >= 0.6 is 0 Å². The highest BCUT2D eigenvalue weighted by Gasteiger charge is 2.39. The molecular weight excluding hydrogens is 301 g/mol. The number of rotatable bonds is 2. The third-order valence-corrected chi connectivity index (χ3v) is 3.22. The number of carbonyl (C=O) groups excluding carboxylic acids is 2. The molecule has 10 heteroatoms. The SMILES string of the molecule is COC(=O)N1C[C@H](OC(C)=O)C[C@H]1n1cc(F)c(=O)[nH]c1=O. The number of esters is 1. The van der Waals surface area contributed by atoms with Gasteiger partial charge in [0.2, 0.25) is 5.82 Å². The van der Waals surface area contributed by atoms with Crippen molar-refractivity contribution in [2.24, 2.45) is 0 Å². The van der Waals surface area contributed by atoms with Crippen LogP contribution in [0.1, 0.15) is 19.5 Å². The van der Waals surface area contributed by atoms with Crippen molar-refractivity contribution >= 4 is 12.1 Å². The lowest BCUT2D eigenvalue weighted by Gasteiger charge is -2.23. The lowest BCUT2D eigenvalue weighted by atomic mass is 10.3. The standard InChI is InChI=1S/C12H14FN3O6/c1-6(17)22-7-3-9(16(4-7)12(20)21-2)15-5-8(13)10(18)14-11(15)19/h5,7,9H,3-4H2,1-2H3,(H,14,18,19)/t7-,9+/m1/s1. The number of amides is 1. The second-order valence-electron chi connectivity index (χ2n) is 4.71. The van der Waals surface area contributed by atoms with Crippen molar-refractivity contribution in [1.29, 1.82) is 0 Å². The number of aromatic nitrogens is 2. The number of aromatic amines is 1. The molecule has 0 unspecified atom stereocenters. The monoisotopic (exact) mass is 315 g/mol. The fourth-order valence-corrected chi connectivity index (χ4v) is 2.36. The summed E-state index contributed by atoms with van der Waals surface area (Å²) in [4.78, 5) is 48.6. The van der Waals surface area contributed by atoms with Gasteiger partial charge in [0.1, 0.15) is 12.3 Å². The molecule has 22 heavy (non-hydrogen) atoms. The normalized spacial score (nSPS) is 20.8. The van der Waals surface area contributed by atoms with Crippen LogP contribution in [-0.4, -0.2) is 46.3 Å². The minimum Gasteiger partial charge on any atom is -0.461 e. The van der Waals surface area contributed by atoms with Gasteiger partial charge in [0.25, 0.3) is 5.56 Å². The Bertz CT molecular complexity index is 712. The van der Waals surface area contributed by atoms with Crippen LogP contribution in [0.25, 0.3) is 0 Å². The largest absolute Gasteiger partial charge is 0.461 e. The maximum atomic E-state index is 13.4. The Morgan fingerprint density at radius 2 is 2.09 bits per heavy atom. The third-order valence-electron chi connectivity index (χ3n) is 3.22. The number of nitrogens with one attached hydrogen (secondary N) is 1. The fraction of sp³-hybridized carbons (Fsp3) is 0.500. The molecule has 0 radical (unpaired) electrons. The van der Waals surface area contributed by atoms with Crippen LogP contribution in [-0.2, 0) is 14.3 Å². The molecule has 1 N–H and O–H groups in total. The number of ether oxygens (including phenoxy) is 2. The molecule has 0 saturated carbocycles. The molecule has 120 valence electrons. The van der Waals surface area contributed by atoms with Gasteiger partial charge in [-0.1, -0.05) is 0 Å². The molecule has 0 aliphatic carbocycles. The smallest absolute Gasteiger partial charge is 0.411 e. The molecule has 1 amide bonds. The summed E-state index contributed by atoms with van der Waals surface area (Å²) in [5.74, 6) is -1.71. The van der Waals surface area contributed by atoms with Crippen molar-refractivity contribution < 1.29 is 23.5 Å². The van der Waals surface area contributed by atoms with E-state index in [-0.39, 0.29) is 13.0 Å². The van der Waals surface area contributed by atoms with Gasteiger partial charge >= 0.3 is 17.8 Å². The summed E-state index contributed by atoms with van der Waals surface area (Å²) in [7, 11) is 1.15. The zero-order valence-electron chi connectivity index (χ0n) is 11.9. The topological polar surface area (TPSA) is 111 Å². The molecule has 0 bridgehead atoms. The summed E-state index contributed by atoms with van der Waals surface area (Å²) in [6.45, 7) is 1.20. The molecule has 1 aromatic heterocycles. The average molecular weight is 315 g/mol. The van der Waals surface area contributed by atoms with E-state index in [1.165, 1.54) is 6.92 Å². The molecule has 1 saturated heterocycles. The van der Waals surface area contributed by atoms with Crippen LogP contribution in [0.4, 0.5) is 9.18 Å². The Kier molecular flexibility index (Phi) is 4.29. The molecule has 2 atom stereocenters. The van der Waals surface area contributed by atoms with Crippen LogP contribution in [0.5, 0.6) is 0 Å². The van der Waals surface area contributed by atoms with E-state index < -0.39 is 41.4 Å². The number of halogens is 1. The van der Waals surface area contributed by atoms with Crippen LogP contribution in [0.3, 0.4) is 0 Å². The summed E-state index contributed by atoms with van der Waals surface area (Å²) in [6, 6.07) is 0. The maximum absolute atomic E-state index is 13.4. The van der Waals surface area contributed by atoms with E-state index in [2.05, 4.69) is 4.74 Å². The lowest BCUT2D eigenvalue weighted by Crippen LogP contribution is -2.41. The Labute approximate surface area is 123 Å². The first-order chi connectivity index (χ1) is 10.3. The molecule has 9 nitrogen and oxygen atoms in total. The van der Waals surface area contributed by atoms with Gasteiger partial charge in [-0.3, -0.25) is 24.0 Å². The van der Waals surface area contributed by atoms with Crippen molar-refractivity contribution in [2.45, 2.75) is 25.6 Å². The second kappa shape index (κ2) is 6.00. The zero-order valence-corrected chi connectivity index (χ0v) is 11.9. The molecule has 0 aromatic carbocycles. The van der Waals surface area contributed by atoms with E-state index in [0.717, 1.165) is 16.6 Å². The van der Waals surface area contributed by atoms with Gasteiger partial charge < -0.3 is 9.47 Å². The molecule has 2 heterocycles. The highest BCUT2D eigenvalue weighted by atomic mass is 19.1. The predicted octanol–water partition coefficient (Wildman–Crippen LogP) is -0.422. The zero-order chi connectivity index (χ0) is 16.4. The number of hydrogen-bond acceptors (Lipinski definition) is 6. The van der Waals surface area contributed by atoms with E-state index in [0.29, 0.717) is 6.20 Å². The maximum Gasteiger partial charge on any atom is 0.411 e. The van der Waals surface area contributed by atoms with Crippen molar-refractivity contribution in [2.75, 3.05) is 13.7 Å². The van der Waals surface area contributed by atoms with Crippen molar-refractivity contribution in [1.82, 2.24) is 14.5 Å². The van der Waals surface area contributed by atoms with E-state index in [1.807, 2.05) is 4.98 Å². The van der Waals surface area contributed by atoms with E-state index >= 15 is 0 Å². The quantitative estimate of drug-likeness (QED) is 0.742. The number of likely N-dealkylation sites (tertiary alicyclic amines) is 1. The Hall–Kier alpha value is -2.65. The van der Waals surface area contributed by atoms with Crippen molar-refractivity contribution in [3.8, 4) is 0 Å².